The summed E-state index contributed by atoms with van der Waals surface area (Å²) in [6.45, 7) is 5.28. The Morgan fingerprint density at radius 3 is 2.80 bits per heavy atom. The van der Waals surface area contributed by atoms with Crippen LogP contribution in [0.25, 0.3) is 0 Å². The monoisotopic (exact) mass is 336 g/mol. The number of fused-ring (bicyclic) bond motifs is 1. The number of nitrogens with zero attached hydrogens (tertiary/aromatic N) is 1. The molecule has 2 heterocycles. The van der Waals surface area contributed by atoms with Crippen molar-refractivity contribution in [2.24, 2.45) is 11.8 Å². The Morgan fingerprint density at radius 1 is 1.35 bits per heavy atom. The molecule has 2 saturated heterocycles. The third-order valence-corrected chi connectivity index (χ3v) is 5.25. The zero-order valence-corrected chi connectivity index (χ0v) is 13.4. The van der Waals surface area contributed by atoms with Crippen molar-refractivity contribution < 1.29 is 4.79 Å². The molecule has 0 spiro atoms. The smallest absolute Gasteiger partial charge is 0.227 e. The quantitative estimate of drug-likeness (QED) is 0.919. The summed E-state index contributed by atoms with van der Waals surface area (Å²) in [5.41, 5.74) is 1.10. The minimum atomic E-state index is 0.286. The van der Waals surface area contributed by atoms with E-state index in [4.69, 9.17) is 0 Å². The van der Waals surface area contributed by atoms with Crippen molar-refractivity contribution >= 4 is 21.8 Å². The van der Waals surface area contributed by atoms with E-state index in [2.05, 4.69) is 33.1 Å². The van der Waals surface area contributed by atoms with E-state index < -0.39 is 0 Å². The summed E-state index contributed by atoms with van der Waals surface area (Å²) < 4.78 is 1.06. The molecule has 0 aromatic heterocycles. The average molecular weight is 337 g/mol. The molecule has 1 N–H and O–H groups in total. The molecule has 2 aliphatic heterocycles. The summed E-state index contributed by atoms with van der Waals surface area (Å²) in [7, 11) is 0. The first kappa shape index (κ1) is 14.1. The first-order valence-electron chi connectivity index (χ1n) is 7.43. The molecular formula is C16H21BrN2O. The highest BCUT2D eigenvalue weighted by molar-refractivity contribution is 9.10. The zero-order chi connectivity index (χ0) is 14.1. The van der Waals surface area contributed by atoms with Crippen LogP contribution in [0.1, 0.15) is 18.9 Å². The number of hydrogen-bond acceptors (Lipinski definition) is 2. The normalized spacial score (nSPS) is 28.7. The van der Waals surface area contributed by atoms with Crippen molar-refractivity contribution in [3.8, 4) is 0 Å². The van der Waals surface area contributed by atoms with Crippen molar-refractivity contribution in [2.45, 2.75) is 25.8 Å². The number of halogens is 1. The summed E-state index contributed by atoms with van der Waals surface area (Å²) in [4.78, 5) is 14.7. The molecular weight excluding hydrogens is 316 g/mol. The van der Waals surface area contributed by atoms with Crippen LogP contribution in [0.5, 0.6) is 0 Å². The first-order valence-corrected chi connectivity index (χ1v) is 8.23. The van der Waals surface area contributed by atoms with Gasteiger partial charge in [-0.15, -0.1) is 0 Å². The zero-order valence-electron chi connectivity index (χ0n) is 11.8. The van der Waals surface area contributed by atoms with Crippen LogP contribution in [-0.4, -0.2) is 36.5 Å². The van der Waals surface area contributed by atoms with Gasteiger partial charge in [0.2, 0.25) is 5.91 Å². The second-order valence-corrected chi connectivity index (χ2v) is 6.82. The molecule has 108 valence electrons. The Kier molecular flexibility index (Phi) is 4.13. The summed E-state index contributed by atoms with van der Waals surface area (Å²) in [5.74, 6) is 1.61. The fourth-order valence-electron chi connectivity index (χ4n) is 3.71. The molecule has 20 heavy (non-hydrogen) atoms. The Hall–Kier alpha value is -0.870. The summed E-state index contributed by atoms with van der Waals surface area (Å²) in [6.07, 6.45) is 1.59. The van der Waals surface area contributed by atoms with Crippen LogP contribution in [0.15, 0.2) is 28.7 Å². The molecule has 1 aromatic rings. The van der Waals surface area contributed by atoms with Gasteiger partial charge in [-0.25, -0.2) is 0 Å². The molecule has 2 fully saturated rings. The minimum absolute atomic E-state index is 0.286. The van der Waals surface area contributed by atoms with Gasteiger partial charge in [0.15, 0.2) is 0 Å². The lowest BCUT2D eigenvalue weighted by atomic mass is 9.93. The van der Waals surface area contributed by atoms with E-state index in [1.54, 1.807) is 0 Å². The number of carbonyl (C=O) groups excluding carboxylic acids is 1. The number of carbonyl (C=O) groups is 1. The number of hydrogen-bond donors (Lipinski definition) is 1. The maximum absolute atomic E-state index is 12.6. The minimum Gasteiger partial charge on any atom is -0.339 e. The van der Waals surface area contributed by atoms with E-state index in [0.29, 0.717) is 24.3 Å². The van der Waals surface area contributed by atoms with E-state index in [-0.39, 0.29) is 5.91 Å². The van der Waals surface area contributed by atoms with Crippen LogP contribution in [0, 0.1) is 11.8 Å². The molecule has 2 aliphatic rings. The van der Waals surface area contributed by atoms with Crippen LogP contribution in [0.4, 0.5) is 0 Å². The molecule has 3 atom stereocenters. The van der Waals surface area contributed by atoms with Crippen LogP contribution in [0.3, 0.4) is 0 Å². The molecule has 0 radical (unpaired) electrons. The van der Waals surface area contributed by atoms with Gasteiger partial charge in [0.1, 0.15) is 0 Å². The first-order chi connectivity index (χ1) is 9.69. The Bertz CT molecular complexity index is 488. The molecule has 3 rings (SSSR count). The van der Waals surface area contributed by atoms with Gasteiger partial charge in [-0.05, 0) is 36.0 Å². The molecule has 1 amide bonds. The Morgan fingerprint density at radius 2 is 2.10 bits per heavy atom. The number of likely N-dealkylation sites (tertiary alicyclic amines) is 1. The van der Waals surface area contributed by atoms with Gasteiger partial charge in [0.25, 0.3) is 0 Å². The molecule has 4 heteroatoms. The second kappa shape index (κ2) is 5.86. The maximum Gasteiger partial charge on any atom is 0.227 e. The van der Waals surface area contributed by atoms with Crippen LogP contribution < -0.4 is 5.32 Å². The van der Waals surface area contributed by atoms with Crippen LogP contribution in [0.2, 0.25) is 0 Å². The summed E-state index contributed by atoms with van der Waals surface area (Å²) >= 11 is 3.43. The predicted molar refractivity (Wildman–Crippen MR) is 83.5 cm³/mol. The number of rotatable bonds is 3. The number of benzene rings is 1. The number of nitrogens with one attached hydrogen (secondary N) is 1. The van der Waals surface area contributed by atoms with Gasteiger partial charge < -0.3 is 10.2 Å². The molecule has 1 aromatic carbocycles. The Balaban J connectivity index is 1.69. The summed E-state index contributed by atoms with van der Waals surface area (Å²) in [6, 6.07) is 8.49. The van der Waals surface area contributed by atoms with Gasteiger partial charge in [-0.1, -0.05) is 35.0 Å². The lowest BCUT2D eigenvalue weighted by molar-refractivity contribution is -0.131. The molecule has 0 aliphatic carbocycles. The van der Waals surface area contributed by atoms with Crippen LogP contribution >= 0.6 is 15.9 Å². The summed E-state index contributed by atoms with van der Waals surface area (Å²) in [5, 5.41) is 3.46. The van der Waals surface area contributed by atoms with Gasteiger partial charge in [-0.3, -0.25) is 4.79 Å². The van der Waals surface area contributed by atoms with Crippen molar-refractivity contribution in [3.63, 3.8) is 0 Å². The predicted octanol–water partition coefficient (Wildman–Crippen LogP) is 2.45. The van der Waals surface area contributed by atoms with Gasteiger partial charge in [0, 0.05) is 30.1 Å². The molecule has 0 bridgehead atoms. The van der Waals surface area contributed by atoms with Crippen LogP contribution in [-0.2, 0) is 11.2 Å². The highest BCUT2D eigenvalue weighted by atomic mass is 79.9. The number of amides is 1. The third kappa shape index (κ3) is 2.63. The van der Waals surface area contributed by atoms with Gasteiger partial charge in [0.05, 0.1) is 6.42 Å². The molecule has 3 nitrogen and oxygen atoms in total. The van der Waals surface area contributed by atoms with Gasteiger partial charge in [-0.2, -0.15) is 0 Å². The average Bonchev–Trinajstić information content (AvgIpc) is 3.01. The lowest BCUT2D eigenvalue weighted by Crippen LogP contribution is -2.40. The maximum atomic E-state index is 12.6. The van der Waals surface area contributed by atoms with Crippen molar-refractivity contribution in [1.29, 1.82) is 0 Å². The van der Waals surface area contributed by atoms with Crippen molar-refractivity contribution in [3.05, 3.63) is 34.3 Å². The highest BCUT2D eigenvalue weighted by Crippen LogP contribution is 2.34. The van der Waals surface area contributed by atoms with Crippen molar-refractivity contribution in [2.75, 3.05) is 19.6 Å². The fourth-order valence-corrected chi connectivity index (χ4v) is 3.98. The van der Waals surface area contributed by atoms with E-state index in [9.17, 15) is 4.79 Å². The fraction of sp³-hybridized carbons (Fsp3) is 0.562. The third-order valence-electron chi connectivity index (χ3n) is 4.73. The van der Waals surface area contributed by atoms with E-state index >= 15 is 0 Å². The largest absolute Gasteiger partial charge is 0.339 e. The highest BCUT2D eigenvalue weighted by Gasteiger charge is 2.44. The Labute approximate surface area is 128 Å². The second-order valence-electron chi connectivity index (χ2n) is 5.91. The SMILES string of the molecule is CCC1C2CNCC2CN1C(=O)Cc1ccc(Br)cc1. The molecule has 3 unspecified atom stereocenters. The van der Waals surface area contributed by atoms with E-state index in [0.717, 1.165) is 36.1 Å². The van der Waals surface area contributed by atoms with Gasteiger partial charge >= 0.3 is 0 Å². The lowest BCUT2D eigenvalue weighted by Gasteiger charge is -2.27. The topological polar surface area (TPSA) is 32.3 Å². The molecule has 0 saturated carbocycles. The van der Waals surface area contributed by atoms with E-state index in [1.807, 2.05) is 24.3 Å². The van der Waals surface area contributed by atoms with E-state index in [1.165, 1.54) is 0 Å². The van der Waals surface area contributed by atoms with Crippen molar-refractivity contribution in [1.82, 2.24) is 10.2 Å². The standard InChI is InChI=1S/C16H21BrN2O/c1-2-15-14-9-18-8-12(14)10-19(15)16(20)7-11-3-5-13(17)6-4-11/h3-6,12,14-15,18H,2,7-10H2,1H3.